The van der Waals surface area contributed by atoms with Crippen LogP contribution in [0.25, 0.3) is 6.08 Å². The molecule has 1 aliphatic rings. The van der Waals surface area contributed by atoms with Gasteiger partial charge in [0.1, 0.15) is 5.70 Å². The molecule has 0 aromatic carbocycles. The zero-order valence-electron chi connectivity index (χ0n) is 11.4. The summed E-state index contributed by atoms with van der Waals surface area (Å²) in [6.07, 6.45) is 1.72. The maximum atomic E-state index is 12.4. The molecule has 3 rings (SSSR count). The molecule has 0 bridgehead atoms. The van der Waals surface area contributed by atoms with Crippen molar-refractivity contribution in [2.75, 3.05) is 6.61 Å². The molecule has 0 radical (unpaired) electrons. The Morgan fingerprint density at radius 1 is 1.38 bits per heavy atom. The van der Waals surface area contributed by atoms with Crippen molar-refractivity contribution in [1.29, 1.82) is 0 Å². The molecule has 4 nitrogen and oxygen atoms in total. The van der Waals surface area contributed by atoms with E-state index in [1.54, 1.807) is 13.0 Å². The molecule has 0 unspecified atom stereocenters. The van der Waals surface area contributed by atoms with Gasteiger partial charge in [-0.1, -0.05) is 6.07 Å². The van der Waals surface area contributed by atoms with Gasteiger partial charge in [-0.05, 0) is 41.5 Å². The summed E-state index contributed by atoms with van der Waals surface area (Å²) in [7, 11) is 0. The van der Waals surface area contributed by atoms with Crippen LogP contribution >= 0.6 is 22.7 Å². The Morgan fingerprint density at radius 2 is 2.24 bits per heavy atom. The van der Waals surface area contributed by atoms with E-state index in [1.165, 1.54) is 27.6 Å². The van der Waals surface area contributed by atoms with Crippen LogP contribution in [0.2, 0.25) is 0 Å². The predicted molar refractivity (Wildman–Crippen MR) is 83.1 cm³/mol. The highest BCUT2D eigenvalue weighted by molar-refractivity contribution is 7.12. The van der Waals surface area contributed by atoms with E-state index in [4.69, 9.17) is 4.74 Å². The lowest BCUT2D eigenvalue weighted by Crippen LogP contribution is -2.29. The van der Waals surface area contributed by atoms with Crippen LogP contribution in [0.1, 0.15) is 27.0 Å². The van der Waals surface area contributed by atoms with Gasteiger partial charge in [0.05, 0.1) is 18.0 Å². The van der Waals surface area contributed by atoms with Crippen molar-refractivity contribution in [3.05, 3.63) is 50.0 Å². The summed E-state index contributed by atoms with van der Waals surface area (Å²) in [6.45, 7) is 2.46. The largest absolute Gasteiger partial charge is 0.461 e. The molecule has 2 aromatic rings. The van der Waals surface area contributed by atoms with Gasteiger partial charge in [-0.25, -0.2) is 4.79 Å². The Labute approximate surface area is 130 Å². The third kappa shape index (κ3) is 2.64. The van der Waals surface area contributed by atoms with Gasteiger partial charge < -0.3 is 4.74 Å². The number of amides is 1. The second-order valence-corrected chi connectivity index (χ2v) is 6.33. The highest BCUT2D eigenvalue weighted by Gasteiger charge is 2.34. The van der Waals surface area contributed by atoms with E-state index in [2.05, 4.69) is 0 Å². The first-order chi connectivity index (χ1) is 10.2. The number of nitrogens with zero attached hydrogens (tertiary/aromatic N) is 1. The zero-order valence-corrected chi connectivity index (χ0v) is 13.0. The predicted octanol–water partition coefficient (Wildman–Crippen LogP) is 3.37. The molecule has 3 heterocycles. The van der Waals surface area contributed by atoms with Gasteiger partial charge in [0, 0.05) is 4.88 Å². The molecule has 1 aliphatic heterocycles. The molecule has 0 atom stereocenters. The number of hydrogen-bond donors (Lipinski definition) is 0. The quantitative estimate of drug-likeness (QED) is 0.641. The second kappa shape index (κ2) is 5.83. The molecule has 0 fully saturated rings. The summed E-state index contributed by atoms with van der Waals surface area (Å²) in [5, 5.41) is 3.82. The van der Waals surface area contributed by atoms with Crippen molar-refractivity contribution >= 4 is 40.6 Å². The van der Waals surface area contributed by atoms with Crippen molar-refractivity contribution in [1.82, 2.24) is 4.90 Å². The molecule has 0 N–H and O–H groups in total. The molecule has 0 saturated heterocycles. The van der Waals surface area contributed by atoms with E-state index in [-0.39, 0.29) is 12.5 Å². The SMILES string of the molecule is CCOC(=O)/C(=C/c1cccs1)N1Cc2ccsc2C1=O. The number of carbonyl (C=O) groups excluding carboxylic acids is 2. The number of rotatable bonds is 4. The van der Waals surface area contributed by atoms with E-state index in [0.29, 0.717) is 17.1 Å². The highest BCUT2D eigenvalue weighted by Crippen LogP contribution is 2.31. The molecule has 2 aromatic heterocycles. The van der Waals surface area contributed by atoms with Gasteiger partial charge in [0.2, 0.25) is 0 Å². The first-order valence-electron chi connectivity index (χ1n) is 6.51. The number of ether oxygens (including phenoxy) is 1. The minimum Gasteiger partial charge on any atom is -0.461 e. The van der Waals surface area contributed by atoms with Gasteiger partial charge in [0.25, 0.3) is 5.91 Å². The fourth-order valence-electron chi connectivity index (χ4n) is 2.17. The summed E-state index contributed by atoms with van der Waals surface area (Å²) in [4.78, 5) is 27.7. The maximum Gasteiger partial charge on any atom is 0.355 e. The van der Waals surface area contributed by atoms with E-state index in [0.717, 1.165) is 10.4 Å². The summed E-state index contributed by atoms with van der Waals surface area (Å²) >= 11 is 2.92. The van der Waals surface area contributed by atoms with Crippen LogP contribution in [-0.4, -0.2) is 23.4 Å². The van der Waals surface area contributed by atoms with Gasteiger partial charge in [-0.3, -0.25) is 9.69 Å². The van der Waals surface area contributed by atoms with Crippen molar-refractivity contribution in [2.24, 2.45) is 0 Å². The lowest BCUT2D eigenvalue weighted by Gasteiger charge is -2.18. The van der Waals surface area contributed by atoms with E-state index in [9.17, 15) is 9.59 Å². The topological polar surface area (TPSA) is 46.6 Å². The minimum absolute atomic E-state index is 0.129. The van der Waals surface area contributed by atoms with Crippen molar-refractivity contribution in [3.8, 4) is 0 Å². The van der Waals surface area contributed by atoms with Crippen LogP contribution in [0.3, 0.4) is 0 Å². The molecule has 108 valence electrons. The van der Waals surface area contributed by atoms with Crippen molar-refractivity contribution in [3.63, 3.8) is 0 Å². The Hall–Kier alpha value is -1.92. The summed E-state index contributed by atoms with van der Waals surface area (Å²) in [5.74, 6) is -0.592. The normalized spacial score (nSPS) is 14.4. The smallest absolute Gasteiger partial charge is 0.355 e. The van der Waals surface area contributed by atoms with E-state index >= 15 is 0 Å². The third-order valence-corrected chi connectivity index (χ3v) is 4.88. The van der Waals surface area contributed by atoms with Gasteiger partial charge in [-0.2, -0.15) is 0 Å². The lowest BCUT2D eigenvalue weighted by molar-refractivity contribution is -0.139. The molecule has 1 amide bonds. The van der Waals surface area contributed by atoms with Crippen LogP contribution < -0.4 is 0 Å². The zero-order chi connectivity index (χ0) is 14.8. The lowest BCUT2D eigenvalue weighted by atomic mass is 10.3. The van der Waals surface area contributed by atoms with Crippen molar-refractivity contribution in [2.45, 2.75) is 13.5 Å². The molecule has 21 heavy (non-hydrogen) atoms. The number of esters is 1. The van der Waals surface area contributed by atoms with E-state index < -0.39 is 5.97 Å². The summed E-state index contributed by atoms with van der Waals surface area (Å²) in [6, 6.07) is 5.73. The Bertz CT molecular complexity index is 700. The highest BCUT2D eigenvalue weighted by atomic mass is 32.1. The number of fused-ring (bicyclic) bond motifs is 1. The monoisotopic (exact) mass is 319 g/mol. The molecule has 6 heteroatoms. The van der Waals surface area contributed by atoms with Gasteiger partial charge in [-0.15, -0.1) is 22.7 Å². The second-order valence-electron chi connectivity index (χ2n) is 4.43. The average molecular weight is 319 g/mol. The Balaban J connectivity index is 1.95. The molecule has 0 aliphatic carbocycles. The van der Waals surface area contributed by atoms with Gasteiger partial charge in [0.15, 0.2) is 0 Å². The van der Waals surface area contributed by atoms with Crippen LogP contribution in [0.5, 0.6) is 0 Å². The minimum atomic E-state index is -0.464. The number of hydrogen-bond acceptors (Lipinski definition) is 5. The first kappa shape index (κ1) is 14.0. The third-order valence-electron chi connectivity index (χ3n) is 3.11. The molecule has 0 spiro atoms. The van der Waals surface area contributed by atoms with E-state index in [1.807, 2.05) is 29.0 Å². The van der Waals surface area contributed by atoms with Crippen LogP contribution in [-0.2, 0) is 16.1 Å². The van der Waals surface area contributed by atoms with Crippen LogP contribution in [0.4, 0.5) is 0 Å². The van der Waals surface area contributed by atoms with Crippen molar-refractivity contribution < 1.29 is 14.3 Å². The number of thiophene rings is 2. The average Bonchev–Trinajstić information content (AvgIpc) is 3.16. The Morgan fingerprint density at radius 3 is 2.90 bits per heavy atom. The summed E-state index contributed by atoms with van der Waals surface area (Å²) < 4.78 is 5.10. The van der Waals surface area contributed by atoms with Crippen LogP contribution in [0, 0.1) is 0 Å². The van der Waals surface area contributed by atoms with Crippen LogP contribution in [0.15, 0.2) is 34.7 Å². The molecule has 0 saturated carbocycles. The fourth-order valence-corrected chi connectivity index (χ4v) is 3.68. The number of carbonyl (C=O) groups is 2. The molecular formula is C15H13NO3S2. The standard InChI is InChI=1S/C15H13NO3S2/c1-2-19-15(18)12(8-11-4-3-6-20-11)16-9-10-5-7-21-13(10)14(16)17/h3-8H,2,9H2,1H3/b12-8-. The molecular weight excluding hydrogens is 306 g/mol. The maximum absolute atomic E-state index is 12.4. The van der Waals surface area contributed by atoms with Gasteiger partial charge >= 0.3 is 5.97 Å². The summed E-state index contributed by atoms with van der Waals surface area (Å²) in [5.41, 5.74) is 1.26. The first-order valence-corrected chi connectivity index (χ1v) is 8.27. The Kier molecular flexibility index (Phi) is 3.90. The fraction of sp³-hybridized carbons (Fsp3) is 0.200.